The van der Waals surface area contributed by atoms with E-state index in [-0.39, 0.29) is 4.21 Å². The number of rotatable bonds is 5. The lowest BCUT2D eigenvalue weighted by atomic mass is 10.2. The molecule has 2 aromatic heterocycles. The average molecular weight is 346 g/mol. The van der Waals surface area contributed by atoms with Gasteiger partial charge in [0, 0.05) is 22.7 Å². The Balaban J connectivity index is 1.71. The fraction of sp³-hybridized carbons (Fsp3) is 0.0625. The SMILES string of the molecule is NS(=O)(=O)c1ccc(-c2ccc(OCc3ccccc3)nc2)s1. The maximum absolute atomic E-state index is 11.3. The molecule has 7 heteroatoms. The molecule has 0 aliphatic rings. The summed E-state index contributed by atoms with van der Waals surface area (Å²) >= 11 is 1.12. The number of primary sulfonamides is 1. The topological polar surface area (TPSA) is 82.3 Å². The minimum absolute atomic E-state index is 0.136. The molecule has 0 atom stereocenters. The molecule has 5 nitrogen and oxygen atoms in total. The summed E-state index contributed by atoms with van der Waals surface area (Å²) in [6.45, 7) is 0.446. The molecule has 0 saturated carbocycles. The van der Waals surface area contributed by atoms with Crippen LogP contribution in [0.4, 0.5) is 0 Å². The minimum Gasteiger partial charge on any atom is -0.473 e. The van der Waals surface area contributed by atoms with Gasteiger partial charge in [0.15, 0.2) is 0 Å². The molecule has 23 heavy (non-hydrogen) atoms. The Labute approximate surface area is 138 Å². The van der Waals surface area contributed by atoms with E-state index in [2.05, 4.69) is 4.98 Å². The first-order valence-corrected chi connectivity index (χ1v) is 9.14. The number of hydrogen-bond acceptors (Lipinski definition) is 5. The van der Waals surface area contributed by atoms with Gasteiger partial charge in [0.2, 0.25) is 15.9 Å². The predicted octanol–water partition coefficient (Wildman–Crippen LogP) is 3.04. The number of pyridine rings is 1. The number of nitrogens with two attached hydrogens (primary N) is 1. The Hall–Kier alpha value is -2.22. The van der Waals surface area contributed by atoms with Gasteiger partial charge in [-0.2, -0.15) is 0 Å². The zero-order valence-electron chi connectivity index (χ0n) is 12.0. The third-order valence-electron chi connectivity index (χ3n) is 3.11. The molecule has 0 radical (unpaired) electrons. The summed E-state index contributed by atoms with van der Waals surface area (Å²) in [7, 11) is -3.66. The van der Waals surface area contributed by atoms with Crippen molar-refractivity contribution in [1.82, 2.24) is 4.98 Å². The molecule has 118 valence electrons. The predicted molar refractivity (Wildman–Crippen MR) is 89.7 cm³/mol. The van der Waals surface area contributed by atoms with E-state index in [1.165, 1.54) is 6.07 Å². The quantitative estimate of drug-likeness (QED) is 0.770. The first kappa shape index (κ1) is 15.7. The molecule has 0 bridgehead atoms. The number of benzene rings is 1. The fourth-order valence-corrected chi connectivity index (χ4v) is 3.69. The monoisotopic (exact) mass is 346 g/mol. The average Bonchev–Trinajstić information content (AvgIpc) is 3.05. The number of thiophene rings is 1. The van der Waals surface area contributed by atoms with Gasteiger partial charge in [0.25, 0.3) is 0 Å². The number of ether oxygens (including phenoxy) is 1. The van der Waals surface area contributed by atoms with Gasteiger partial charge in [-0.15, -0.1) is 11.3 Å². The zero-order chi connectivity index (χ0) is 16.3. The van der Waals surface area contributed by atoms with Crippen molar-refractivity contribution in [3.05, 3.63) is 66.4 Å². The number of sulfonamides is 1. The Bertz CT molecular complexity index is 889. The van der Waals surface area contributed by atoms with E-state index in [0.29, 0.717) is 12.5 Å². The smallest absolute Gasteiger partial charge is 0.247 e. The van der Waals surface area contributed by atoms with Crippen LogP contribution in [-0.4, -0.2) is 13.4 Å². The molecular weight excluding hydrogens is 332 g/mol. The highest BCUT2D eigenvalue weighted by Crippen LogP contribution is 2.30. The van der Waals surface area contributed by atoms with Gasteiger partial charge in [-0.05, 0) is 23.8 Å². The van der Waals surface area contributed by atoms with Gasteiger partial charge in [-0.1, -0.05) is 30.3 Å². The van der Waals surface area contributed by atoms with Gasteiger partial charge >= 0.3 is 0 Å². The van der Waals surface area contributed by atoms with Gasteiger partial charge in [0.1, 0.15) is 10.8 Å². The number of nitrogens with zero attached hydrogens (tertiary/aromatic N) is 1. The molecule has 0 fully saturated rings. The van der Waals surface area contributed by atoms with E-state index in [0.717, 1.165) is 27.3 Å². The van der Waals surface area contributed by atoms with Crippen LogP contribution in [0.5, 0.6) is 5.88 Å². The van der Waals surface area contributed by atoms with E-state index in [4.69, 9.17) is 9.88 Å². The van der Waals surface area contributed by atoms with Crippen LogP contribution < -0.4 is 9.88 Å². The van der Waals surface area contributed by atoms with Crippen LogP contribution in [0.2, 0.25) is 0 Å². The highest BCUT2D eigenvalue weighted by atomic mass is 32.2. The Morgan fingerprint density at radius 2 is 1.83 bits per heavy atom. The van der Waals surface area contributed by atoms with E-state index in [1.807, 2.05) is 36.4 Å². The molecule has 0 unspecified atom stereocenters. The molecule has 0 amide bonds. The third-order valence-corrected chi connectivity index (χ3v) is 5.68. The van der Waals surface area contributed by atoms with Crippen molar-refractivity contribution in [1.29, 1.82) is 0 Å². The summed E-state index contributed by atoms with van der Waals surface area (Å²) in [5, 5.41) is 5.11. The highest BCUT2D eigenvalue weighted by molar-refractivity contribution is 7.91. The van der Waals surface area contributed by atoms with Gasteiger partial charge in [-0.3, -0.25) is 0 Å². The number of hydrogen-bond donors (Lipinski definition) is 1. The van der Waals surface area contributed by atoms with Crippen LogP contribution in [0.1, 0.15) is 5.56 Å². The van der Waals surface area contributed by atoms with E-state index in [1.54, 1.807) is 18.3 Å². The second kappa shape index (κ2) is 6.49. The molecule has 2 heterocycles. The Morgan fingerprint density at radius 3 is 2.43 bits per heavy atom. The lowest BCUT2D eigenvalue weighted by molar-refractivity contribution is 0.294. The maximum Gasteiger partial charge on any atom is 0.247 e. The first-order valence-electron chi connectivity index (χ1n) is 6.78. The second-order valence-electron chi connectivity index (χ2n) is 4.82. The van der Waals surface area contributed by atoms with Crippen molar-refractivity contribution in [2.75, 3.05) is 0 Å². The summed E-state index contributed by atoms with van der Waals surface area (Å²) < 4.78 is 28.4. The standard InChI is InChI=1S/C16H14N2O3S2/c17-23(19,20)16-9-7-14(22-16)13-6-8-15(18-10-13)21-11-12-4-2-1-3-5-12/h1-10H,11H2,(H2,17,19,20). The Morgan fingerprint density at radius 1 is 1.04 bits per heavy atom. The largest absolute Gasteiger partial charge is 0.473 e. The summed E-state index contributed by atoms with van der Waals surface area (Å²) in [6, 6.07) is 16.6. The zero-order valence-corrected chi connectivity index (χ0v) is 13.7. The lowest BCUT2D eigenvalue weighted by Crippen LogP contribution is -2.09. The van der Waals surface area contributed by atoms with Crippen LogP contribution >= 0.6 is 11.3 Å². The van der Waals surface area contributed by atoms with Crippen LogP contribution in [-0.2, 0) is 16.6 Å². The number of aromatic nitrogens is 1. The molecule has 0 aliphatic carbocycles. The van der Waals surface area contributed by atoms with Crippen molar-refractivity contribution in [2.45, 2.75) is 10.8 Å². The third kappa shape index (κ3) is 3.95. The van der Waals surface area contributed by atoms with E-state index in [9.17, 15) is 8.42 Å². The fourth-order valence-electron chi connectivity index (χ4n) is 1.97. The lowest BCUT2D eigenvalue weighted by Gasteiger charge is -2.05. The molecule has 3 aromatic rings. The van der Waals surface area contributed by atoms with Crippen molar-refractivity contribution >= 4 is 21.4 Å². The highest BCUT2D eigenvalue weighted by Gasteiger charge is 2.12. The van der Waals surface area contributed by atoms with Crippen molar-refractivity contribution in [3.63, 3.8) is 0 Å². The van der Waals surface area contributed by atoms with Crippen LogP contribution in [0, 0.1) is 0 Å². The molecule has 1 aromatic carbocycles. The molecular formula is C16H14N2O3S2. The van der Waals surface area contributed by atoms with Crippen LogP contribution in [0.15, 0.2) is 65.0 Å². The Kier molecular flexibility index (Phi) is 4.42. The first-order chi connectivity index (χ1) is 11.0. The summed E-state index contributed by atoms with van der Waals surface area (Å²) in [6.07, 6.45) is 1.65. The molecule has 0 aliphatic heterocycles. The second-order valence-corrected chi connectivity index (χ2v) is 7.70. The molecule has 3 rings (SSSR count). The molecule has 0 saturated heterocycles. The van der Waals surface area contributed by atoms with E-state index < -0.39 is 10.0 Å². The summed E-state index contributed by atoms with van der Waals surface area (Å²) in [4.78, 5) is 5.03. The van der Waals surface area contributed by atoms with Gasteiger partial charge < -0.3 is 4.74 Å². The van der Waals surface area contributed by atoms with Gasteiger partial charge in [-0.25, -0.2) is 18.5 Å². The van der Waals surface area contributed by atoms with Crippen molar-refractivity contribution in [2.24, 2.45) is 5.14 Å². The minimum atomic E-state index is -3.66. The van der Waals surface area contributed by atoms with E-state index >= 15 is 0 Å². The van der Waals surface area contributed by atoms with Crippen molar-refractivity contribution in [3.8, 4) is 16.3 Å². The van der Waals surface area contributed by atoms with Crippen molar-refractivity contribution < 1.29 is 13.2 Å². The van der Waals surface area contributed by atoms with Crippen LogP contribution in [0.25, 0.3) is 10.4 Å². The normalized spacial score (nSPS) is 11.3. The van der Waals surface area contributed by atoms with Gasteiger partial charge in [0.05, 0.1) is 0 Å². The molecule has 2 N–H and O–H groups in total. The van der Waals surface area contributed by atoms with Crippen LogP contribution in [0.3, 0.4) is 0 Å². The maximum atomic E-state index is 11.3. The molecule has 0 spiro atoms. The summed E-state index contributed by atoms with van der Waals surface area (Å²) in [5.74, 6) is 0.515. The summed E-state index contributed by atoms with van der Waals surface area (Å²) in [5.41, 5.74) is 1.88.